The molecule has 0 radical (unpaired) electrons. The van der Waals surface area contributed by atoms with Crippen LogP contribution in [-0.2, 0) is 6.54 Å². The molecule has 3 aromatic rings. The molecule has 3 heterocycles. The number of ether oxygens (including phenoxy) is 1. The first-order valence-electron chi connectivity index (χ1n) is 9.79. The van der Waals surface area contributed by atoms with Crippen LogP contribution in [0.25, 0.3) is 0 Å². The Labute approximate surface area is 193 Å². The van der Waals surface area contributed by atoms with Crippen LogP contribution in [0, 0.1) is 6.92 Å². The van der Waals surface area contributed by atoms with Crippen LogP contribution in [0.4, 0.5) is 0 Å². The summed E-state index contributed by atoms with van der Waals surface area (Å²) < 4.78 is 7.56. The fraction of sp³-hybridized carbons (Fsp3) is 0.333. The van der Waals surface area contributed by atoms with Crippen molar-refractivity contribution in [3.05, 3.63) is 65.6 Å². The molecular formula is C21H26Cl2N6O2. The minimum atomic E-state index is -0.229. The van der Waals surface area contributed by atoms with Crippen molar-refractivity contribution in [3.63, 3.8) is 0 Å². The molecule has 4 rings (SSSR count). The molecule has 1 saturated heterocycles. The molecule has 1 aromatic carbocycles. The second kappa shape index (κ2) is 11.6. The highest BCUT2D eigenvalue weighted by molar-refractivity contribution is 5.93. The molecule has 0 spiro atoms. The number of benzene rings is 1. The number of nitrogens with zero attached hydrogens (tertiary/aromatic N) is 4. The molecule has 1 aliphatic rings. The number of aromatic nitrogens is 4. The van der Waals surface area contributed by atoms with Crippen LogP contribution in [0.15, 0.2) is 48.7 Å². The molecule has 0 unspecified atom stereocenters. The van der Waals surface area contributed by atoms with Crippen molar-refractivity contribution in [2.45, 2.75) is 32.4 Å². The van der Waals surface area contributed by atoms with Crippen LogP contribution >= 0.6 is 24.8 Å². The number of halogens is 2. The fourth-order valence-corrected chi connectivity index (χ4v) is 3.40. The quantitative estimate of drug-likeness (QED) is 0.579. The van der Waals surface area contributed by atoms with Gasteiger partial charge in [0.1, 0.15) is 5.75 Å². The monoisotopic (exact) mass is 464 g/mol. The van der Waals surface area contributed by atoms with Gasteiger partial charge in [-0.3, -0.25) is 4.79 Å². The summed E-state index contributed by atoms with van der Waals surface area (Å²) in [5.41, 5.74) is 2.06. The van der Waals surface area contributed by atoms with Crippen LogP contribution in [-0.4, -0.2) is 39.0 Å². The first kappa shape index (κ1) is 24.6. The van der Waals surface area contributed by atoms with Gasteiger partial charge in [0.2, 0.25) is 5.88 Å². The molecule has 0 bridgehead atoms. The van der Waals surface area contributed by atoms with Crippen molar-refractivity contribution in [1.29, 1.82) is 0 Å². The number of para-hydroxylation sites is 1. The average molecular weight is 465 g/mol. The van der Waals surface area contributed by atoms with Crippen molar-refractivity contribution in [1.82, 2.24) is 30.6 Å². The first-order valence-corrected chi connectivity index (χ1v) is 9.79. The Morgan fingerprint density at radius 3 is 2.58 bits per heavy atom. The maximum absolute atomic E-state index is 12.6. The summed E-state index contributed by atoms with van der Waals surface area (Å²) in [6.07, 6.45) is 3.68. The van der Waals surface area contributed by atoms with Crippen LogP contribution in [0.1, 0.15) is 40.6 Å². The lowest BCUT2D eigenvalue weighted by Gasteiger charge is -2.23. The topological polar surface area (TPSA) is 94.0 Å². The molecule has 166 valence electrons. The number of piperidine rings is 1. The molecule has 0 aliphatic carbocycles. The maximum Gasteiger partial charge on any atom is 0.274 e. The van der Waals surface area contributed by atoms with Crippen LogP contribution in [0.3, 0.4) is 0 Å². The van der Waals surface area contributed by atoms with E-state index < -0.39 is 0 Å². The van der Waals surface area contributed by atoms with Gasteiger partial charge >= 0.3 is 0 Å². The minimum absolute atomic E-state index is 0. The number of pyridine rings is 1. The number of rotatable bonds is 6. The van der Waals surface area contributed by atoms with E-state index in [1.165, 1.54) is 0 Å². The van der Waals surface area contributed by atoms with Crippen LogP contribution in [0.2, 0.25) is 0 Å². The molecule has 10 heteroatoms. The van der Waals surface area contributed by atoms with Crippen molar-refractivity contribution in [2.75, 3.05) is 13.1 Å². The van der Waals surface area contributed by atoms with Gasteiger partial charge in [-0.15, -0.1) is 29.9 Å². The van der Waals surface area contributed by atoms with Gasteiger partial charge < -0.3 is 15.4 Å². The Kier molecular flexibility index (Phi) is 9.23. The highest BCUT2D eigenvalue weighted by Crippen LogP contribution is 2.21. The second-order valence-corrected chi connectivity index (χ2v) is 7.05. The van der Waals surface area contributed by atoms with E-state index in [0.717, 1.165) is 42.9 Å². The summed E-state index contributed by atoms with van der Waals surface area (Å²) in [4.78, 5) is 16.9. The summed E-state index contributed by atoms with van der Waals surface area (Å²) in [7, 11) is 0. The van der Waals surface area contributed by atoms with E-state index in [-0.39, 0.29) is 30.7 Å². The lowest BCUT2D eigenvalue weighted by Crippen LogP contribution is -2.30. The number of amides is 1. The zero-order chi connectivity index (χ0) is 20.1. The Morgan fingerprint density at radius 2 is 1.90 bits per heavy atom. The molecule has 8 nitrogen and oxygen atoms in total. The van der Waals surface area contributed by atoms with Crippen LogP contribution in [0.5, 0.6) is 11.6 Å². The molecule has 1 aliphatic heterocycles. The molecule has 2 N–H and O–H groups in total. The lowest BCUT2D eigenvalue weighted by atomic mass is 10.1. The van der Waals surface area contributed by atoms with E-state index in [1.807, 2.05) is 48.0 Å². The maximum atomic E-state index is 12.6. The van der Waals surface area contributed by atoms with E-state index in [2.05, 4.69) is 25.9 Å². The Balaban J connectivity index is 0.00000171. The van der Waals surface area contributed by atoms with E-state index in [4.69, 9.17) is 4.74 Å². The van der Waals surface area contributed by atoms with E-state index in [1.54, 1.807) is 12.3 Å². The largest absolute Gasteiger partial charge is 0.439 e. The molecular weight excluding hydrogens is 439 g/mol. The highest BCUT2D eigenvalue weighted by Gasteiger charge is 2.22. The summed E-state index contributed by atoms with van der Waals surface area (Å²) >= 11 is 0. The normalized spacial score (nSPS) is 13.6. The summed E-state index contributed by atoms with van der Waals surface area (Å²) in [5.74, 6) is 1.01. The SMILES string of the molecule is Cc1c(C(=O)NCc2ccc(Oc3ccccc3)nc2)nnn1C1CCNCC1.Cl.Cl. The van der Waals surface area contributed by atoms with E-state index in [0.29, 0.717) is 24.2 Å². The Morgan fingerprint density at radius 1 is 1.16 bits per heavy atom. The van der Waals surface area contributed by atoms with Crippen molar-refractivity contribution in [2.24, 2.45) is 0 Å². The predicted octanol–water partition coefficient (Wildman–Crippen LogP) is 3.47. The van der Waals surface area contributed by atoms with Gasteiger partial charge in [-0.05, 0) is 50.6 Å². The average Bonchev–Trinajstić information content (AvgIpc) is 3.16. The van der Waals surface area contributed by atoms with Crippen molar-refractivity contribution in [3.8, 4) is 11.6 Å². The summed E-state index contributed by atoms with van der Waals surface area (Å²) in [5, 5.41) is 14.6. The molecule has 0 saturated carbocycles. The lowest BCUT2D eigenvalue weighted by molar-refractivity contribution is 0.0945. The van der Waals surface area contributed by atoms with Gasteiger partial charge in [-0.2, -0.15) is 0 Å². The predicted molar refractivity (Wildman–Crippen MR) is 122 cm³/mol. The smallest absolute Gasteiger partial charge is 0.274 e. The molecule has 2 aromatic heterocycles. The number of hydrogen-bond acceptors (Lipinski definition) is 6. The Hall–Kier alpha value is -2.68. The number of carbonyl (C=O) groups excluding carboxylic acids is 1. The van der Waals surface area contributed by atoms with Gasteiger partial charge in [-0.1, -0.05) is 29.5 Å². The first-order chi connectivity index (χ1) is 14.2. The van der Waals surface area contributed by atoms with Gasteiger partial charge in [0.05, 0.1) is 11.7 Å². The second-order valence-electron chi connectivity index (χ2n) is 7.05. The van der Waals surface area contributed by atoms with Gasteiger partial charge in [0, 0.05) is 18.8 Å². The minimum Gasteiger partial charge on any atom is -0.439 e. The number of carbonyl (C=O) groups is 1. The Bertz CT molecular complexity index is 960. The van der Waals surface area contributed by atoms with E-state index >= 15 is 0 Å². The number of hydrogen-bond donors (Lipinski definition) is 2. The molecule has 1 fully saturated rings. The zero-order valence-electron chi connectivity index (χ0n) is 17.2. The molecule has 0 atom stereocenters. The third kappa shape index (κ3) is 6.16. The van der Waals surface area contributed by atoms with E-state index in [9.17, 15) is 4.79 Å². The standard InChI is InChI=1S/C21H24N6O2.2ClH/c1-15-20(25-26-27(15)17-9-11-22-12-10-17)21(28)24-14-16-7-8-19(23-13-16)29-18-5-3-2-4-6-18;;/h2-8,13,17,22H,9-12,14H2,1H3,(H,24,28);2*1H. The van der Waals surface area contributed by atoms with Gasteiger partial charge in [0.25, 0.3) is 5.91 Å². The third-order valence-corrected chi connectivity index (χ3v) is 5.01. The molecule has 1 amide bonds. The van der Waals surface area contributed by atoms with Gasteiger partial charge in [0.15, 0.2) is 5.69 Å². The van der Waals surface area contributed by atoms with Crippen molar-refractivity contribution >= 4 is 30.7 Å². The fourth-order valence-electron chi connectivity index (χ4n) is 3.40. The number of nitrogens with one attached hydrogen (secondary N) is 2. The summed E-state index contributed by atoms with van der Waals surface area (Å²) in [6, 6.07) is 13.4. The molecule has 31 heavy (non-hydrogen) atoms. The van der Waals surface area contributed by atoms with Crippen LogP contribution < -0.4 is 15.4 Å². The zero-order valence-corrected chi connectivity index (χ0v) is 18.8. The highest BCUT2D eigenvalue weighted by atomic mass is 35.5. The van der Waals surface area contributed by atoms with Gasteiger partial charge in [-0.25, -0.2) is 9.67 Å². The third-order valence-electron chi connectivity index (χ3n) is 5.01. The summed E-state index contributed by atoms with van der Waals surface area (Å²) in [6.45, 7) is 4.18. The van der Waals surface area contributed by atoms with Crippen molar-refractivity contribution < 1.29 is 9.53 Å².